The summed E-state index contributed by atoms with van der Waals surface area (Å²) in [4.78, 5) is 37.1. The van der Waals surface area contributed by atoms with E-state index in [1.165, 1.54) is 49.2 Å². The molecule has 30 heavy (non-hydrogen) atoms. The number of halogens is 2. The molecule has 0 fully saturated rings. The topological polar surface area (TPSA) is 115 Å². The van der Waals surface area contributed by atoms with Crippen molar-refractivity contribution in [1.29, 1.82) is 0 Å². The van der Waals surface area contributed by atoms with Crippen LogP contribution in [0.2, 0.25) is 0 Å². The second-order valence-electron chi connectivity index (χ2n) is 6.42. The molecule has 0 spiro atoms. The Morgan fingerprint density at radius 3 is 2.33 bits per heavy atom. The number of hydrogen-bond acceptors (Lipinski definition) is 4. The number of amides is 2. The van der Waals surface area contributed by atoms with Crippen LogP contribution in [-0.4, -0.2) is 40.1 Å². The first-order valence-corrected chi connectivity index (χ1v) is 8.61. The van der Waals surface area contributed by atoms with Crippen LogP contribution in [0.3, 0.4) is 0 Å². The summed E-state index contributed by atoms with van der Waals surface area (Å²) >= 11 is 0. The molecule has 10 heteroatoms. The lowest BCUT2D eigenvalue weighted by Crippen LogP contribution is -2.26. The summed E-state index contributed by atoms with van der Waals surface area (Å²) in [5, 5.41) is 17.7. The molecule has 0 atom stereocenters. The lowest BCUT2D eigenvalue weighted by molar-refractivity contribution is 0.0696. The van der Waals surface area contributed by atoms with Crippen LogP contribution < -0.4 is 10.2 Å². The number of carboxylic acids is 1. The zero-order valence-electron chi connectivity index (χ0n) is 15.9. The number of hydrogen-bond donors (Lipinski definition) is 3. The number of nitrogens with zero attached hydrogens (tertiary/aromatic N) is 2. The van der Waals surface area contributed by atoms with E-state index in [9.17, 15) is 23.2 Å². The highest BCUT2D eigenvalue weighted by atomic mass is 19.2. The van der Waals surface area contributed by atoms with Gasteiger partial charge in [-0.05, 0) is 48.9 Å². The van der Waals surface area contributed by atoms with Crippen molar-refractivity contribution < 1.29 is 28.3 Å². The van der Waals surface area contributed by atoms with Gasteiger partial charge in [0.1, 0.15) is 5.82 Å². The molecular formula is C20H16F2N4O4. The third-order valence-corrected chi connectivity index (χ3v) is 4.36. The quantitative estimate of drug-likeness (QED) is 0.593. The maximum absolute atomic E-state index is 13.4. The molecule has 0 saturated heterocycles. The SMILES string of the molecule is Cc1cc(F)c(F)cc1C(=O)Nc1cc(C(=O)N(C)c2ccc(C(=O)O)cc2)n[nH]1. The highest BCUT2D eigenvalue weighted by molar-refractivity contribution is 6.07. The fourth-order valence-corrected chi connectivity index (χ4v) is 2.69. The van der Waals surface area contributed by atoms with E-state index in [1.807, 2.05) is 0 Å². The highest BCUT2D eigenvalue weighted by Crippen LogP contribution is 2.19. The predicted molar refractivity (Wildman–Crippen MR) is 104 cm³/mol. The summed E-state index contributed by atoms with van der Waals surface area (Å²) < 4.78 is 26.7. The van der Waals surface area contributed by atoms with Gasteiger partial charge in [0.2, 0.25) is 0 Å². The van der Waals surface area contributed by atoms with Gasteiger partial charge in [-0.2, -0.15) is 5.10 Å². The number of aromatic nitrogens is 2. The Balaban J connectivity index is 1.74. The van der Waals surface area contributed by atoms with E-state index in [2.05, 4.69) is 15.5 Å². The fourth-order valence-electron chi connectivity index (χ4n) is 2.69. The van der Waals surface area contributed by atoms with Crippen molar-refractivity contribution in [2.24, 2.45) is 0 Å². The van der Waals surface area contributed by atoms with Crippen LogP contribution in [0.25, 0.3) is 0 Å². The van der Waals surface area contributed by atoms with Crippen LogP contribution >= 0.6 is 0 Å². The molecule has 8 nitrogen and oxygen atoms in total. The van der Waals surface area contributed by atoms with E-state index in [1.54, 1.807) is 0 Å². The number of aromatic carboxylic acids is 1. The van der Waals surface area contributed by atoms with Crippen LogP contribution in [0.1, 0.15) is 36.8 Å². The maximum atomic E-state index is 13.4. The van der Waals surface area contributed by atoms with Crippen molar-refractivity contribution in [3.8, 4) is 0 Å². The minimum atomic E-state index is -1.15. The summed E-state index contributed by atoms with van der Waals surface area (Å²) in [6.07, 6.45) is 0. The molecular weight excluding hydrogens is 398 g/mol. The summed E-state index contributed by atoms with van der Waals surface area (Å²) in [5.74, 6) is -4.42. The molecule has 0 unspecified atom stereocenters. The van der Waals surface area contributed by atoms with Crippen molar-refractivity contribution in [3.05, 3.63) is 76.5 Å². The normalized spacial score (nSPS) is 10.5. The molecule has 0 saturated carbocycles. The Hall–Kier alpha value is -4.08. The van der Waals surface area contributed by atoms with E-state index >= 15 is 0 Å². The van der Waals surface area contributed by atoms with Crippen LogP contribution in [0.5, 0.6) is 0 Å². The van der Waals surface area contributed by atoms with Crippen LogP contribution in [0.4, 0.5) is 20.3 Å². The van der Waals surface area contributed by atoms with Gasteiger partial charge in [0.15, 0.2) is 17.3 Å². The first-order chi connectivity index (χ1) is 14.2. The third kappa shape index (κ3) is 4.17. The van der Waals surface area contributed by atoms with Gasteiger partial charge >= 0.3 is 5.97 Å². The molecule has 1 aromatic heterocycles. The maximum Gasteiger partial charge on any atom is 0.335 e. The number of carbonyl (C=O) groups is 3. The Bertz CT molecular complexity index is 1140. The predicted octanol–water partition coefficient (Wildman–Crippen LogP) is 3.22. The minimum absolute atomic E-state index is 0.0166. The van der Waals surface area contributed by atoms with Crippen molar-refractivity contribution in [2.75, 3.05) is 17.3 Å². The number of H-pyrrole nitrogens is 1. The molecule has 0 bridgehead atoms. The average Bonchev–Trinajstić information content (AvgIpc) is 3.18. The number of nitrogens with one attached hydrogen (secondary N) is 2. The second-order valence-corrected chi connectivity index (χ2v) is 6.42. The van der Waals surface area contributed by atoms with E-state index < -0.39 is 29.4 Å². The van der Waals surface area contributed by atoms with Crippen molar-refractivity contribution >= 4 is 29.3 Å². The molecule has 0 aliphatic carbocycles. The zero-order valence-corrected chi connectivity index (χ0v) is 15.9. The average molecular weight is 414 g/mol. The molecule has 2 aromatic carbocycles. The highest BCUT2D eigenvalue weighted by Gasteiger charge is 2.19. The van der Waals surface area contributed by atoms with E-state index in [-0.39, 0.29) is 28.2 Å². The second kappa shape index (κ2) is 8.11. The van der Waals surface area contributed by atoms with Gasteiger partial charge in [-0.3, -0.25) is 14.7 Å². The number of carbonyl (C=O) groups excluding carboxylic acids is 2. The largest absolute Gasteiger partial charge is 0.478 e. The molecule has 1 heterocycles. The number of anilines is 2. The van der Waals surface area contributed by atoms with E-state index in [4.69, 9.17) is 5.11 Å². The first kappa shape index (κ1) is 20.6. The summed E-state index contributed by atoms with van der Waals surface area (Å²) in [7, 11) is 1.48. The van der Waals surface area contributed by atoms with Crippen molar-refractivity contribution in [1.82, 2.24) is 10.2 Å². The zero-order chi connectivity index (χ0) is 22.0. The molecule has 0 radical (unpaired) electrons. The lowest BCUT2D eigenvalue weighted by Gasteiger charge is -2.15. The third-order valence-electron chi connectivity index (χ3n) is 4.36. The molecule has 3 N–H and O–H groups in total. The van der Waals surface area contributed by atoms with Crippen molar-refractivity contribution in [3.63, 3.8) is 0 Å². The fraction of sp³-hybridized carbons (Fsp3) is 0.100. The first-order valence-electron chi connectivity index (χ1n) is 8.61. The van der Waals surface area contributed by atoms with Gasteiger partial charge < -0.3 is 15.3 Å². The minimum Gasteiger partial charge on any atom is -0.478 e. The smallest absolute Gasteiger partial charge is 0.335 e. The van der Waals surface area contributed by atoms with Crippen molar-refractivity contribution in [2.45, 2.75) is 6.92 Å². The number of aromatic amines is 1. The molecule has 3 aromatic rings. The van der Waals surface area contributed by atoms with Crippen LogP contribution in [-0.2, 0) is 0 Å². The Labute approximate surface area is 169 Å². The van der Waals surface area contributed by atoms with Gasteiger partial charge in [0.25, 0.3) is 11.8 Å². The molecule has 0 aliphatic heterocycles. The molecule has 3 rings (SSSR count). The van der Waals surface area contributed by atoms with Gasteiger partial charge in [0, 0.05) is 24.4 Å². The van der Waals surface area contributed by atoms with E-state index in [0.29, 0.717) is 5.69 Å². The van der Waals surface area contributed by atoms with E-state index in [0.717, 1.165) is 12.1 Å². The lowest BCUT2D eigenvalue weighted by atomic mass is 10.1. The van der Waals surface area contributed by atoms with Gasteiger partial charge in [0.05, 0.1) is 5.56 Å². The summed E-state index contributed by atoms with van der Waals surface area (Å²) in [5.41, 5.74) is 0.684. The van der Waals surface area contributed by atoms with Gasteiger partial charge in [-0.15, -0.1) is 0 Å². The van der Waals surface area contributed by atoms with Crippen LogP contribution in [0, 0.1) is 18.6 Å². The Kier molecular flexibility index (Phi) is 5.58. The molecule has 0 aliphatic rings. The standard InChI is InChI=1S/C20H16F2N4O4/c1-10-7-14(21)15(22)8-13(10)18(27)23-17-9-16(24-25-17)19(28)26(2)12-5-3-11(4-6-12)20(29)30/h3-9H,1-2H3,(H,29,30)(H2,23,24,25,27). The summed E-state index contributed by atoms with van der Waals surface area (Å²) in [6, 6.07) is 8.67. The number of rotatable bonds is 5. The molecule has 2 amide bonds. The number of benzene rings is 2. The summed E-state index contributed by atoms with van der Waals surface area (Å²) in [6.45, 7) is 1.46. The number of carboxylic acid groups (broad SMARTS) is 1. The van der Waals surface area contributed by atoms with Gasteiger partial charge in [-0.25, -0.2) is 13.6 Å². The Morgan fingerprint density at radius 1 is 1.07 bits per heavy atom. The Morgan fingerprint density at radius 2 is 1.70 bits per heavy atom. The van der Waals surface area contributed by atoms with Crippen LogP contribution in [0.15, 0.2) is 42.5 Å². The monoisotopic (exact) mass is 414 g/mol. The molecule has 154 valence electrons. The number of aryl methyl sites for hydroxylation is 1. The van der Waals surface area contributed by atoms with Gasteiger partial charge in [-0.1, -0.05) is 0 Å².